The lowest BCUT2D eigenvalue weighted by molar-refractivity contribution is -0.142. The molecular weight excluding hydrogens is 290 g/mol. The SMILES string of the molecule is O=C(Cn1cnnn1)NC(C(=O)O)c1ccc2c(c1)CCO2. The van der Waals surface area contributed by atoms with Gasteiger partial charge in [0.15, 0.2) is 6.04 Å². The Hall–Kier alpha value is -2.97. The fraction of sp³-hybridized carbons (Fsp3) is 0.308. The molecule has 1 aromatic carbocycles. The normalized spacial score (nSPS) is 14.0. The van der Waals surface area contributed by atoms with E-state index in [-0.39, 0.29) is 6.54 Å². The molecule has 2 N–H and O–H groups in total. The minimum Gasteiger partial charge on any atom is -0.493 e. The van der Waals surface area contributed by atoms with Crippen LogP contribution in [-0.2, 0) is 22.6 Å². The standard InChI is InChI=1S/C13H13N5O4/c19-11(6-18-7-14-16-17-18)15-12(13(20)21)9-1-2-10-8(5-9)3-4-22-10/h1-2,5,7,12H,3-4,6H2,(H,15,19)(H,20,21). The summed E-state index contributed by atoms with van der Waals surface area (Å²) >= 11 is 0. The number of tetrazole rings is 1. The lowest BCUT2D eigenvalue weighted by atomic mass is 10.0. The zero-order chi connectivity index (χ0) is 15.5. The minimum absolute atomic E-state index is 0.148. The van der Waals surface area contributed by atoms with Gasteiger partial charge in [-0.3, -0.25) is 4.79 Å². The van der Waals surface area contributed by atoms with Crippen LogP contribution in [0.15, 0.2) is 24.5 Å². The molecule has 114 valence electrons. The van der Waals surface area contributed by atoms with Crippen LogP contribution in [0, 0.1) is 0 Å². The summed E-state index contributed by atoms with van der Waals surface area (Å²) in [6.45, 7) is 0.438. The average Bonchev–Trinajstić information content (AvgIpc) is 3.14. The second-order valence-electron chi connectivity index (χ2n) is 4.81. The second kappa shape index (κ2) is 5.80. The van der Waals surface area contributed by atoms with Crippen LogP contribution >= 0.6 is 0 Å². The third kappa shape index (κ3) is 2.87. The van der Waals surface area contributed by atoms with Crippen LogP contribution in [-0.4, -0.2) is 43.8 Å². The first-order valence-electron chi connectivity index (χ1n) is 6.62. The van der Waals surface area contributed by atoms with Crippen molar-refractivity contribution in [2.75, 3.05) is 6.61 Å². The minimum atomic E-state index is -1.14. The van der Waals surface area contributed by atoms with Crippen molar-refractivity contribution in [3.8, 4) is 5.75 Å². The van der Waals surface area contributed by atoms with E-state index in [1.807, 2.05) is 0 Å². The molecule has 9 nitrogen and oxygen atoms in total. The molecule has 0 saturated heterocycles. The molecule has 1 aromatic heterocycles. The summed E-state index contributed by atoms with van der Waals surface area (Å²) < 4.78 is 6.60. The van der Waals surface area contributed by atoms with Gasteiger partial charge in [0.2, 0.25) is 5.91 Å². The van der Waals surface area contributed by atoms with E-state index < -0.39 is 17.9 Å². The highest BCUT2D eigenvalue weighted by Gasteiger charge is 2.24. The zero-order valence-electron chi connectivity index (χ0n) is 11.5. The van der Waals surface area contributed by atoms with Crippen molar-refractivity contribution in [2.24, 2.45) is 0 Å². The van der Waals surface area contributed by atoms with E-state index in [0.717, 1.165) is 17.7 Å². The second-order valence-corrected chi connectivity index (χ2v) is 4.81. The first kappa shape index (κ1) is 14.0. The number of hydrogen-bond donors (Lipinski definition) is 2. The molecule has 0 fully saturated rings. The number of aromatic nitrogens is 4. The van der Waals surface area contributed by atoms with E-state index in [4.69, 9.17) is 4.74 Å². The van der Waals surface area contributed by atoms with Crippen LogP contribution in [0.4, 0.5) is 0 Å². The van der Waals surface area contributed by atoms with Gasteiger partial charge in [-0.1, -0.05) is 6.07 Å². The molecule has 0 bridgehead atoms. The van der Waals surface area contributed by atoms with Crippen LogP contribution in [0.25, 0.3) is 0 Å². The van der Waals surface area contributed by atoms with Gasteiger partial charge in [0.05, 0.1) is 6.61 Å². The Kier molecular flexibility index (Phi) is 3.69. The van der Waals surface area contributed by atoms with Gasteiger partial charge in [-0.05, 0) is 33.7 Å². The Balaban J connectivity index is 1.75. The third-order valence-electron chi connectivity index (χ3n) is 3.30. The van der Waals surface area contributed by atoms with Gasteiger partial charge in [0.25, 0.3) is 0 Å². The number of amides is 1. The van der Waals surface area contributed by atoms with Gasteiger partial charge in [-0.2, -0.15) is 0 Å². The monoisotopic (exact) mass is 303 g/mol. The van der Waals surface area contributed by atoms with Crippen molar-refractivity contribution in [1.29, 1.82) is 0 Å². The molecule has 0 radical (unpaired) electrons. The topological polar surface area (TPSA) is 119 Å². The maximum Gasteiger partial charge on any atom is 0.330 e. The maximum atomic E-state index is 11.9. The largest absolute Gasteiger partial charge is 0.493 e. The van der Waals surface area contributed by atoms with Gasteiger partial charge in [-0.15, -0.1) is 5.10 Å². The number of hydrogen-bond acceptors (Lipinski definition) is 6. The Morgan fingerprint density at radius 3 is 3.05 bits per heavy atom. The Bertz CT molecular complexity index is 700. The van der Waals surface area contributed by atoms with Crippen molar-refractivity contribution in [3.63, 3.8) is 0 Å². The molecule has 22 heavy (non-hydrogen) atoms. The number of carboxylic acids is 1. The van der Waals surface area contributed by atoms with Gasteiger partial charge >= 0.3 is 5.97 Å². The summed E-state index contributed by atoms with van der Waals surface area (Å²) in [4.78, 5) is 23.4. The van der Waals surface area contributed by atoms with Crippen molar-refractivity contribution in [1.82, 2.24) is 25.5 Å². The van der Waals surface area contributed by atoms with Crippen molar-refractivity contribution in [3.05, 3.63) is 35.7 Å². The van der Waals surface area contributed by atoms with Crippen LogP contribution in [0.3, 0.4) is 0 Å². The number of nitrogens with one attached hydrogen (secondary N) is 1. The molecule has 1 unspecified atom stereocenters. The van der Waals surface area contributed by atoms with E-state index in [2.05, 4.69) is 20.8 Å². The van der Waals surface area contributed by atoms with Crippen LogP contribution in [0.5, 0.6) is 5.75 Å². The molecule has 0 saturated carbocycles. The molecular formula is C13H13N5O4. The van der Waals surface area contributed by atoms with E-state index in [1.54, 1.807) is 18.2 Å². The van der Waals surface area contributed by atoms with Crippen LogP contribution in [0.1, 0.15) is 17.2 Å². The average molecular weight is 303 g/mol. The van der Waals surface area contributed by atoms with Gasteiger partial charge in [-0.25, -0.2) is 9.48 Å². The smallest absolute Gasteiger partial charge is 0.330 e. The molecule has 1 amide bonds. The van der Waals surface area contributed by atoms with E-state index in [9.17, 15) is 14.7 Å². The summed E-state index contributed by atoms with van der Waals surface area (Å²) in [5.74, 6) is -0.867. The van der Waals surface area contributed by atoms with Crippen LogP contribution in [0.2, 0.25) is 0 Å². The van der Waals surface area contributed by atoms with Gasteiger partial charge in [0.1, 0.15) is 18.6 Å². The number of aliphatic carboxylic acids is 1. The van der Waals surface area contributed by atoms with E-state index in [1.165, 1.54) is 11.0 Å². The summed E-state index contributed by atoms with van der Waals surface area (Å²) in [7, 11) is 0. The fourth-order valence-electron chi connectivity index (χ4n) is 2.28. The summed E-state index contributed by atoms with van der Waals surface area (Å²) in [6.07, 6.45) is 2.01. The molecule has 2 aromatic rings. The molecule has 1 aliphatic rings. The van der Waals surface area contributed by atoms with Crippen molar-refractivity contribution < 1.29 is 19.4 Å². The number of benzene rings is 1. The first-order chi connectivity index (χ1) is 10.6. The molecule has 3 rings (SSSR count). The lowest BCUT2D eigenvalue weighted by Gasteiger charge is -2.15. The Morgan fingerprint density at radius 1 is 1.45 bits per heavy atom. The fourth-order valence-corrected chi connectivity index (χ4v) is 2.28. The summed E-state index contributed by atoms with van der Waals surface area (Å²) in [5, 5.41) is 22.2. The zero-order valence-corrected chi connectivity index (χ0v) is 11.5. The number of fused-ring (bicyclic) bond motifs is 1. The maximum absolute atomic E-state index is 11.9. The summed E-state index contributed by atoms with van der Waals surface area (Å²) in [6, 6.07) is 3.98. The highest BCUT2D eigenvalue weighted by molar-refractivity contribution is 5.84. The van der Waals surface area contributed by atoms with Gasteiger partial charge in [0, 0.05) is 6.42 Å². The number of ether oxygens (including phenoxy) is 1. The predicted molar refractivity (Wildman–Crippen MR) is 72.0 cm³/mol. The molecule has 9 heteroatoms. The summed E-state index contributed by atoms with van der Waals surface area (Å²) in [5.41, 5.74) is 1.44. The molecule has 2 heterocycles. The number of carbonyl (C=O) groups is 2. The third-order valence-corrected chi connectivity index (χ3v) is 3.30. The number of carboxylic acid groups (broad SMARTS) is 1. The quantitative estimate of drug-likeness (QED) is 0.767. The molecule has 0 spiro atoms. The predicted octanol–water partition coefficient (Wildman–Crippen LogP) is -0.450. The van der Waals surface area contributed by atoms with Gasteiger partial charge < -0.3 is 15.2 Å². The first-order valence-corrected chi connectivity index (χ1v) is 6.62. The highest BCUT2D eigenvalue weighted by Crippen LogP contribution is 2.28. The highest BCUT2D eigenvalue weighted by atomic mass is 16.5. The Labute approximate surface area is 124 Å². The van der Waals surface area contributed by atoms with Crippen molar-refractivity contribution >= 4 is 11.9 Å². The van der Waals surface area contributed by atoms with Crippen molar-refractivity contribution in [2.45, 2.75) is 19.0 Å². The molecule has 0 aliphatic carbocycles. The molecule has 1 atom stereocenters. The number of nitrogens with zero attached hydrogens (tertiary/aromatic N) is 4. The van der Waals surface area contributed by atoms with Crippen LogP contribution < -0.4 is 10.1 Å². The van der Waals surface area contributed by atoms with E-state index in [0.29, 0.717) is 12.2 Å². The number of rotatable bonds is 5. The lowest BCUT2D eigenvalue weighted by Crippen LogP contribution is -2.36. The number of carbonyl (C=O) groups excluding carboxylic acids is 1. The Morgan fingerprint density at radius 2 is 2.32 bits per heavy atom. The molecule has 1 aliphatic heterocycles. The van der Waals surface area contributed by atoms with E-state index >= 15 is 0 Å².